The van der Waals surface area contributed by atoms with Gasteiger partial charge in [-0.25, -0.2) is 8.42 Å². The van der Waals surface area contributed by atoms with E-state index in [2.05, 4.69) is 21.2 Å². The number of carbonyl (C=O) groups excluding carboxylic acids is 1. The number of sulfonamides is 1. The van der Waals surface area contributed by atoms with E-state index in [4.69, 9.17) is 0 Å². The van der Waals surface area contributed by atoms with Gasteiger partial charge in [0.15, 0.2) is 0 Å². The number of hydrogen-bond donors (Lipinski definition) is 1. The Morgan fingerprint density at radius 2 is 2.10 bits per heavy atom. The number of thiophene rings is 1. The van der Waals surface area contributed by atoms with Crippen molar-refractivity contribution in [1.29, 1.82) is 0 Å². The lowest BCUT2D eigenvalue weighted by atomic mass is 10.3. The lowest BCUT2D eigenvalue weighted by Gasteiger charge is -2.15. The van der Waals surface area contributed by atoms with Gasteiger partial charge in [0.1, 0.15) is 4.21 Å². The van der Waals surface area contributed by atoms with Gasteiger partial charge in [0, 0.05) is 17.2 Å². The lowest BCUT2D eigenvalue weighted by Crippen LogP contribution is -2.34. The van der Waals surface area contributed by atoms with Crippen molar-refractivity contribution in [3.63, 3.8) is 0 Å². The highest BCUT2D eigenvalue weighted by Crippen LogP contribution is 2.20. The minimum atomic E-state index is -3.61. The molecule has 0 aliphatic rings. The van der Waals surface area contributed by atoms with Crippen molar-refractivity contribution in [2.75, 3.05) is 18.9 Å². The number of rotatable bonds is 5. The van der Waals surface area contributed by atoms with Crippen molar-refractivity contribution in [3.05, 3.63) is 46.3 Å². The van der Waals surface area contributed by atoms with E-state index >= 15 is 0 Å². The Kier molecular flexibility index (Phi) is 5.15. The van der Waals surface area contributed by atoms with Gasteiger partial charge in [-0.2, -0.15) is 4.31 Å². The lowest BCUT2D eigenvalue weighted by molar-refractivity contribution is -0.116. The molecule has 5 nitrogen and oxygen atoms in total. The van der Waals surface area contributed by atoms with Crippen molar-refractivity contribution in [2.45, 2.75) is 4.21 Å². The fourth-order valence-electron chi connectivity index (χ4n) is 1.62. The average molecular weight is 389 g/mol. The maximum absolute atomic E-state index is 12.2. The number of likely N-dealkylation sites (N-methyl/N-ethyl adjacent to an activating group) is 1. The number of amides is 1. The summed E-state index contributed by atoms with van der Waals surface area (Å²) in [6, 6.07) is 10.3. The minimum Gasteiger partial charge on any atom is -0.325 e. The van der Waals surface area contributed by atoms with Crippen LogP contribution in [-0.2, 0) is 14.8 Å². The van der Waals surface area contributed by atoms with Crippen molar-refractivity contribution in [1.82, 2.24) is 4.31 Å². The van der Waals surface area contributed by atoms with Crippen LogP contribution in [0.25, 0.3) is 0 Å². The van der Waals surface area contributed by atoms with Gasteiger partial charge < -0.3 is 5.32 Å². The quantitative estimate of drug-likeness (QED) is 0.855. The fraction of sp³-hybridized carbons (Fsp3) is 0.154. The first-order valence-corrected chi connectivity index (χ1v) is 9.06. The van der Waals surface area contributed by atoms with Gasteiger partial charge in [0.05, 0.1) is 6.54 Å². The number of carbonyl (C=O) groups is 1. The van der Waals surface area contributed by atoms with E-state index in [1.165, 1.54) is 13.1 Å². The molecule has 1 heterocycles. The van der Waals surface area contributed by atoms with Crippen molar-refractivity contribution in [2.24, 2.45) is 0 Å². The highest BCUT2D eigenvalue weighted by atomic mass is 79.9. The van der Waals surface area contributed by atoms with E-state index in [-0.39, 0.29) is 10.8 Å². The zero-order valence-corrected chi connectivity index (χ0v) is 14.3. The maximum atomic E-state index is 12.2. The third kappa shape index (κ3) is 4.13. The van der Waals surface area contributed by atoms with Gasteiger partial charge >= 0.3 is 0 Å². The number of benzene rings is 1. The maximum Gasteiger partial charge on any atom is 0.252 e. The second-order valence-electron chi connectivity index (χ2n) is 4.25. The van der Waals surface area contributed by atoms with Crippen LogP contribution in [0, 0.1) is 0 Å². The molecular formula is C13H13BrN2O3S2. The molecule has 0 spiro atoms. The molecule has 0 saturated heterocycles. The van der Waals surface area contributed by atoms with E-state index in [9.17, 15) is 13.2 Å². The molecule has 0 radical (unpaired) electrons. The summed E-state index contributed by atoms with van der Waals surface area (Å²) in [5.74, 6) is -0.393. The molecule has 0 bridgehead atoms. The first-order valence-electron chi connectivity index (χ1n) is 5.95. The molecule has 1 amide bonds. The molecule has 1 aromatic heterocycles. The molecule has 21 heavy (non-hydrogen) atoms. The van der Waals surface area contributed by atoms with Gasteiger partial charge in [-0.15, -0.1) is 11.3 Å². The Morgan fingerprint density at radius 1 is 1.33 bits per heavy atom. The molecule has 0 fully saturated rings. The summed E-state index contributed by atoms with van der Waals surface area (Å²) in [5.41, 5.74) is 0.608. The Hall–Kier alpha value is -1.22. The fourth-order valence-corrected chi connectivity index (χ4v) is 4.35. The van der Waals surface area contributed by atoms with Crippen LogP contribution in [0.3, 0.4) is 0 Å². The molecule has 0 atom stereocenters. The molecule has 1 aromatic carbocycles. The molecule has 0 saturated carbocycles. The average Bonchev–Trinajstić information content (AvgIpc) is 2.92. The van der Waals surface area contributed by atoms with Crippen LogP contribution in [0.15, 0.2) is 50.5 Å². The predicted octanol–water partition coefficient (Wildman–Crippen LogP) is 2.77. The Morgan fingerprint density at radius 3 is 2.71 bits per heavy atom. The van der Waals surface area contributed by atoms with Crippen LogP contribution < -0.4 is 5.32 Å². The molecule has 0 unspecified atom stereocenters. The summed E-state index contributed by atoms with van der Waals surface area (Å²) in [6.07, 6.45) is 0. The Labute approximate surface area is 135 Å². The van der Waals surface area contributed by atoms with E-state index in [0.29, 0.717) is 5.69 Å². The molecule has 1 N–H and O–H groups in total. The monoisotopic (exact) mass is 388 g/mol. The third-order valence-corrected chi connectivity index (χ3v) is 6.30. The summed E-state index contributed by atoms with van der Waals surface area (Å²) >= 11 is 4.43. The summed E-state index contributed by atoms with van der Waals surface area (Å²) in [6.45, 7) is -0.243. The van der Waals surface area contributed by atoms with E-state index in [1.807, 2.05) is 6.07 Å². The minimum absolute atomic E-state index is 0.222. The number of hydrogen-bond acceptors (Lipinski definition) is 4. The second-order valence-corrected chi connectivity index (χ2v) is 8.39. The van der Waals surface area contributed by atoms with Crippen LogP contribution >= 0.6 is 27.3 Å². The standard InChI is InChI=1S/C13H13BrN2O3S2/c1-16(21(18,19)13-6-3-7-20-13)9-12(17)15-11-5-2-4-10(14)8-11/h2-8H,9H2,1H3,(H,15,17). The summed E-state index contributed by atoms with van der Waals surface area (Å²) in [4.78, 5) is 11.9. The van der Waals surface area contributed by atoms with E-state index in [0.717, 1.165) is 20.1 Å². The molecular weight excluding hydrogens is 376 g/mol. The topological polar surface area (TPSA) is 66.5 Å². The molecule has 2 aromatic rings. The van der Waals surface area contributed by atoms with Crippen LogP contribution in [0.4, 0.5) is 5.69 Å². The molecule has 8 heteroatoms. The molecule has 0 aliphatic carbocycles. The van der Waals surface area contributed by atoms with E-state index in [1.54, 1.807) is 29.6 Å². The molecule has 112 valence electrons. The summed E-state index contributed by atoms with van der Waals surface area (Å²) in [5, 5.41) is 4.34. The van der Waals surface area contributed by atoms with Crippen LogP contribution in [-0.4, -0.2) is 32.2 Å². The zero-order chi connectivity index (χ0) is 15.5. The van der Waals surface area contributed by atoms with Gasteiger partial charge in [-0.1, -0.05) is 28.1 Å². The number of nitrogens with one attached hydrogen (secondary N) is 1. The predicted molar refractivity (Wildman–Crippen MR) is 86.9 cm³/mol. The van der Waals surface area contributed by atoms with Gasteiger partial charge in [-0.05, 0) is 29.6 Å². The van der Waals surface area contributed by atoms with Gasteiger partial charge in [0.2, 0.25) is 5.91 Å². The molecule has 0 aliphatic heterocycles. The van der Waals surface area contributed by atoms with Crippen LogP contribution in [0.2, 0.25) is 0 Å². The largest absolute Gasteiger partial charge is 0.325 e. The molecule has 2 rings (SSSR count). The first-order chi connectivity index (χ1) is 9.89. The number of nitrogens with zero attached hydrogens (tertiary/aromatic N) is 1. The summed E-state index contributed by atoms with van der Waals surface area (Å²) in [7, 11) is -2.22. The Bertz CT molecular complexity index is 730. The number of anilines is 1. The van der Waals surface area contributed by atoms with Gasteiger partial charge in [0.25, 0.3) is 10.0 Å². The third-order valence-electron chi connectivity index (χ3n) is 2.63. The second kappa shape index (κ2) is 6.69. The zero-order valence-electron chi connectivity index (χ0n) is 11.1. The highest BCUT2D eigenvalue weighted by molar-refractivity contribution is 9.10. The first kappa shape index (κ1) is 16.2. The van der Waals surface area contributed by atoms with Crippen molar-refractivity contribution >= 4 is 48.9 Å². The van der Waals surface area contributed by atoms with Crippen molar-refractivity contribution in [3.8, 4) is 0 Å². The van der Waals surface area contributed by atoms with E-state index < -0.39 is 15.9 Å². The highest BCUT2D eigenvalue weighted by Gasteiger charge is 2.23. The van der Waals surface area contributed by atoms with Crippen LogP contribution in [0.5, 0.6) is 0 Å². The summed E-state index contributed by atoms with van der Waals surface area (Å²) < 4.78 is 26.5. The van der Waals surface area contributed by atoms with Crippen LogP contribution in [0.1, 0.15) is 0 Å². The normalized spacial score (nSPS) is 11.6. The number of halogens is 1. The van der Waals surface area contributed by atoms with Crippen molar-refractivity contribution < 1.29 is 13.2 Å². The Balaban J connectivity index is 2.03. The smallest absolute Gasteiger partial charge is 0.252 e. The SMILES string of the molecule is CN(CC(=O)Nc1cccc(Br)c1)S(=O)(=O)c1cccs1. The van der Waals surface area contributed by atoms with Gasteiger partial charge in [-0.3, -0.25) is 4.79 Å².